The number of ether oxygens (including phenoxy) is 1. The van der Waals surface area contributed by atoms with Crippen LogP contribution in [0.1, 0.15) is 36.0 Å². The zero-order valence-corrected chi connectivity index (χ0v) is 14.3. The SMILES string of the molecule is C=C1CCN(c2ncnc(N3CCC(=C)CC3)c2C(=O)OC)CC1. The highest BCUT2D eigenvalue weighted by Crippen LogP contribution is 2.31. The van der Waals surface area contributed by atoms with Crippen molar-refractivity contribution in [2.75, 3.05) is 43.1 Å². The first-order chi connectivity index (χ1) is 11.6. The van der Waals surface area contributed by atoms with Gasteiger partial charge in [0.2, 0.25) is 0 Å². The summed E-state index contributed by atoms with van der Waals surface area (Å²) >= 11 is 0. The van der Waals surface area contributed by atoms with Crippen molar-refractivity contribution >= 4 is 17.6 Å². The van der Waals surface area contributed by atoms with Crippen LogP contribution in [0.5, 0.6) is 0 Å². The Labute approximate surface area is 142 Å². The molecule has 2 saturated heterocycles. The Kier molecular flexibility index (Phi) is 4.83. The molecule has 0 aliphatic carbocycles. The fourth-order valence-electron chi connectivity index (χ4n) is 3.20. The molecule has 0 spiro atoms. The molecule has 0 unspecified atom stereocenters. The van der Waals surface area contributed by atoms with Gasteiger partial charge in [-0.05, 0) is 25.7 Å². The lowest BCUT2D eigenvalue weighted by atomic mass is 10.0. The zero-order valence-electron chi connectivity index (χ0n) is 14.3. The Morgan fingerprint density at radius 1 is 0.958 bits per heavy atom. The van der Waals surface area contributed by atoms with Crippen LogP contribution in [-0.4, -0.2) is 49.2 Å². The summed E-state index contributed by atoms with van der Waals surface area (Å²) in [6.07, 6.45) is 5.23. The van der Waals surface area contributed by atoms with Gasteiger partial charge in [-0.3, -0.25) is 0 Å². The molecule has 128 valence electrons. The van der Waals surface area contributed by atoms with Crippen LogP contribution in [0.15, 0.2) is 30.6 Å². The monoisotopic (exact) mass is 328 g/mol. The summed E-state index contributed by atoms with van der Waals surface area (Å²) in [4.78, 5) is 25.6. The fourth-order valence-corrected chi connectivity index (χ4v) is 3.20. The van der Waals surface area contributed by atoms with Crippen molar-refractivity contribution in [3.8, 4) is 0 Å². The van der Waals surface area contributed by atoms with Gasteiger partial charge >= 0.3 is 5.97 Å². The van der Waals surface area contributed by atoms with Crippen LogP contribution in [0, 0.1) is 0 Å². The third-order valence-corrected chi connectivity index (χ3v) is 4.74. The number of esters is 1. The maximum Gasteiger partial charge on any atom is 0.345 e. The van der Waals surface area contributed by atoms with E-state index in [0.717, 1.165) is 51.9 Å². The molecule has 0 atom stereocenters. The van der Waals surface area contributed by atoms with Gasteiger partial charge in [0.1, 0.15) is 23.5 Å². The molecule has 0 aromatic carbocycles. The molecule has 1 aromatic rings. The highest BCUT2D eigenvalue weighted by molar-refractivity contribution is 6.00. The summed E-state index contributed by atoms with van der Waals surface area (Å²) in [5.74, 6) is 0.960. The lowest BCUT2D eigenvalue weighted by molar-refractivity contribution is 0.0601. The number of hydrogen-bond donors (Lipinski definition) is 0. The first-order valence-electron chi connectivity index (χ1n) is 8.36. The average molecular weight is 328 g/mol. The topological polar surface area (TPSA) is 58.6 Å². The normalized spacial score (nSPS) is 18.7. The van der Waals surface area contributed by atoms with E-state index in [2.05, 4.69) is 32.9 Å². The third-order valence-electron chi connectivity index (χ3n) is 4.74. The van der Waals surface area contributed by atoms with Gasteiger partial charge in [0.05, 0.1) is 7.11 Å². The highest BCUT2D eigenvalue weighted by Gasteiger charge is 2.28. The Morgan fingerprint density at radius 2 is 1.38 bits per heavy atom. The lowest BCUT2D eigenvalue weighted by Gasteiger charge is -2.33. The van der Waals surface area contributed by atoms with Crippen molar-refractivity contribution in [2.45, 2.75) is 25.7 Å². The fraction of sp³-hybridized carbons (Fsp3) is 0.500. The average Bonchev–Trinajstić information content (AvgIpc) is 2.62. The van der Waals surface area contributed by atoms with Crippen LogP contribution < -0.4 is 9.80 Å². The minimum atomic E-state index is -0.380. The molecule has 2 fully saturated rings. The molecule has 6 heteroatoms. The van der Waals surface area contributed by atoms with Crippen molar-refractivity contribution in [1.82, 2.24) is 9.97 Å². The predicted molar refractivity (Wildman–Crippen MR) is 94.5 cm³/mol. The number of carbonyl (C=O) groups is 1. The Bertz CT molecular complexity index is 605. The summed E-state index contributed by atoms with van der Waals surface area (Å²) in [5, 5.41) is 0. The standard InChI is InChI=1S/C18H24N4O2/c1-13-4-8-21(9-5-13)16-15(18(23)24-3)17(20-12-19-16)22-10-6-14(2)7-11-22/h12H,1-2,4-11H2,3H3. The molecular weight excluding hydrogens is 304 g/mol. The van der Waals surface area contributed by atoms with E-state index in [1.165, 1.54) is 18.3 Å². The summed E-state index contributed by atoms with van der Waals surface area (Å²) in [6, 6.07) is 0. The largest absolute Gasteiger partial charge is 0.465 e. The van der Waals surface area contributed by atoms with E-state index in [1.54, 1.807) is 6.33 Å². The van der Waals surface area contributed by atoms with E-state index in [-0.39, 0.29) is 5.97 Å². The number of piperidine rings is 2. The van der Waals surface area contributed by atoms with E-state index in [1.807, 2.05) is 0 Å². The number of rotatable bonds is 3. The highest BCUT2D eigenvalue weighted by atomic mass is 16.5. The first-order valence-corrected chi connectivity index (χ1v) is 8.36. The van der Waals surface area contributed by atoms with Gasteiger partial charge in [0.25, 0.3) is 0 Å². The molecule has 0 bridgehead atoms. The lowest BCUT2D eigenvalue weighted by Crippen LogP contribution is -2.36. The summed E-state index contributed by atoms with van der Waals surface area (Å²) in [6.45, 7) is 11.4. The van der Waals surface area contributed by atoms with Crippen LogP contribution in [0.2, 0.25) is 0 Å². The molecule has 24 heavy (non-hydrogen) atoms. The second kappa shape index (κ2) is 7.03. The summed E-state index contributed by atoms with van der Waals surface area (Å²) in [7, 11) is 1.40. The molecule has 1 aromatic heterocycles. The summed E-state index contributed by atoms with van der Waals surface area (Å²) in [5.41, 5.74) is 2.96. The number of nitrogens with zero attached hydrogens (tertiary/aromatic N) is 4. The van der Waals surface area contributed by atoms with Crippen LogP contribution in [0.4, 0.5) is 11.6 Å². The van der Waals surface area contributed by atoms with Crippen LogP contribution >= 0.6 is 0 Å². The molecule has 0 radical (unpaired) electrons. The quantitative estimate of drug-likeness (QED) is 0.628. The molecular formula is C18H24N4O2. The Morgan fingerprint density at radius 3 is 1.75 bits per heavy atom. The van der Waals surface area contributed by atoms with Crippen molar-refractivity contribution in [2.24, 2.45) is 0 Å². The van der Waals surface area contributed by atoms with E-state index in [0.29, 0.717) is 17.2 Å². The number of anilines is 2. The van der Waals surface area contributed by atoms with Crippen molar-refractivity contribution < 1.29 is 9.53 Å². The number of hydrogen-bond acceptors (Lipinski definition) is 6. The molecule has 3 heterocycles. The second-order valence-corrected chi connectivity index (χ2v) is 6.36. The van der Waals surface area contributed by atoms with Gasteiger partial charge in [-0.15, -0.1) is 0 Å². The first kappa shape index (κ1) is 16.5. The predicted octanol–water partition coefficient (Wildman–Crippen LogP) is 2.58. The molecule has 2 aliphatic rings. The Hall–Kier alpha value is -2.37. The van der Waals surface area contributed by atoms with Crippen molar-refractivity contribution in [1.29, 1.82) is 0 Å². The maximum atomic E-state index is 12.5. The number of aromatic nitrogens is 2. The minimum Gasteiger partial charge on any atom is -0.465 e. The second-order valence-electron chi connectivity index (χ2n) is 6.36. The van der Waals surface area contributed by atoms with Gasteiger partial charge in [0.15, 0.2) is 0 Å². The van der Waals surface area contributed by atoms with E-state index >= 15 is 0 Å². The van der Waals surface area contributed by atoms with E-state index < -0.39 is 0 Å². The van der Waals surface area contributed by atoms with E-state index in [4.69, 9.17) is 4.74 Å². The third kappa shape index (κ3) is 3.27. The number of methoxy groups -OCH3 is 1. The zero-order chi connectivity index (χ0) is 17.1. The summed E-state index contributed by atoms with van der Waals surface area (Å²) < 4.78 is 5.03. The van der Waals surface area contributed by atoms with Gasteiger partial charge in [-0.1, -0.05) is 24.3 Å². The van der Waals surface area contributed by atoms with Crippen molar-refractivity contribution in [3.63, 3.8) is 0 Å². The van der Waals surface area contributed by atoms with Crippen molar-refractivity contribution in [3.05, 3.63) is 36.2 Å². The molecule has 2 aliphatic heterocycles. The van der Waals surface area contributed by atoms with Gasteiger partial charge in [-0.25, -0.2) is 14.8 Å². The van der Waals surface area contributed by atoms with Crippen LogP contribution in [-0.2, 0) is 4.74 Å². The smallest absolute Gasteiger partial charge is 0.345 e. The molecule has 0 saturated carbocycles. The molecule has 3 rings (SSSR count). The van der Waals surface area contributed by atoms with Gasteiger partial charge in [-0.2, -0.15) is 0 Å². The molecule has 0 amide bonds. The van der Waals surface area contributed by atoms with Crippen LogP contribution in [0.3, 0.4) is 0 Å². The number of carbonyl (C=O) groups excluding carboxylic acids is 1. The molecule has 0 N–H and O–H groups in total. The van der Waals surface area contributed by atoms with Crippen LogP contribution in [0.25, 0.3) is 0 Å². The Balaban J connectivity index is 1.96. The van der Waals surface area contributed by atoms with Gasteiger partial charge < -0.3 is 14.5 Å². The van der Waals surface area contributed by atoms with E-state index in [9.17, 15) is 4.79 Å². The maximum absolute atomic E-state index is 12.5. The molecule has 6 nitrogen and oxygen atoms in total. The minimum absolute atomic E-state index is 0.380. The van der Waals surface area contributed by atoms with Gasteiger partial charge in [0, 0.05) is 26.2 Å².